The zero-order valence-corrected chi connectivity index (χ0v) is 18.6. The molecule has 0 unspecified atom stereocenters. The lowest BCUT2D eigenvalue weighted by molar-refractivity contribution is -0.127. The van der Waals surface area contributed by atoms with Crippen LogP contribution < -0.4 is 4.90 Å². The molecule has 0 atom stereocenters. The molecule has 1 heterocycles. The van der Waals surface area contributed by atoms with Crippen LogP contribution in [-0.4, -0.2) is 48.7 Å². The number of anilines is 1. The van der Waals surface area contributed by atoms with Gasteiger partial charge in [-0.3, -0.25) is 4.79 Å². The second kappa shape index (κ2) is 9.38. The maximum absolute atomic E-state index is 14.7. The molecule has 3 rings (SSSR count). The average Bonchev–Trinajstić information content (AvgIpc) is 2.70. The third kappa shape index (κ3) is 5.43. The van der Waals surface area contributed by atoms with Crippen LogP contribution in [0.2, 0.25) is 0 Å². The van der Waals surface area contributed by atoms with Crippen molar-refractivity contribution in [2.24, 2.45) is 5.92 Å². The maximum atomic E-state index is 14.7. The van der Waals surface area contributed by atoms with Gasteiger partial charge in [0.2, 0.25) is 5.91 Å². The predicted octanol–water partition coefficient (Wildman–Crippen LogP) is 4.01. The van der Waals surface area contributed by atoms with E-state index in [2.05, 4.69) is 4.74 Å². The van der Waals surface area contributed by atoms with Gasteiger partial charge in [-0.15, -0.1) is 0 Å². The number of ether oxygens (including phenoxy) is 2. The zero-order valence-electron chi connectivity index (χ0n) is 18.6. The van der Waals surface area contributed by atoms with Crippen molar-refractivity contribution < 1.29 is 28.2 Å². The Balaban J connectivity index is 1.76. The quantitative estimate of drug-likeness (QED) is 0.654. The number of hydrogen-bond acceptors (Lipinski definition) is 5. The minimum atomic E-state index is -0.636. The SMILES string of the molecule is COC(=O)c1ccc(CN(C(=O)C2CN(C(=O)OC(C)(C)C)C2)c2ccccc2)c(F)c1. The molecule has 2 aromatic carbocycles. The van der Waals surface area contributed by atoms with E-state index in [1.807, 2.05) is 6.07 Å². The van der Waals surface area contributed by atoms with Gasteiger partial charge in [0, 0.05) is 24.3 Å². The number of carbonyl (C=O) groups is 3. The highest BCUT2D eigenvalue weighted by Crippen LogP contribution is 2.26. The Morgan fingerprint density at radius 1 is 1.09 bits per heavy atom. The van der Waals surface area contributed by atoms with E-state index < -0.39 is 29.4 Å². The van der Waals surface area contributed by atoms with E-state index in [4.69, 9.17) is 4.74 Å². The first kappa shape index (κ1) is 23.2. The van der Waals surface area contributed by atoms with E-state index in [1.165, 1.54) is 29.0 Å². The minimum Gasteiger partial charge on any atom is -0.465 e. The van der Waals surface area contributed by atoms with Crippen molar-refractivity contribution in [3.63, 3.8) is 0 Å². The van der Waals surface area contributed by atoms with Gasteiger partial charge in [0.25, 0.3) is 0 Å². The van der Waals surface area contributed by atoms with E-state index in [1.54, 1.807) is 45.0 Å². The Morgan fingerprint density at radius 2 is 1.75 bits per heavy atom. The van der Waals surface area contributed by atoms with E-state index in [0.717, 1.165) is 6.07 Å². The average molecular weight is 442 g/mol. The highest BCUT2D eigenvalue weighted by atomic mass is 19.1. The van der Waals surface area contributed by atoms with Crippen LogP contribution in [0, 0.1) is 11.7 Å². The van der Waals surface area contributed by atoms with Gasteiger partial charge in [0.15, 0.2) is 0 Å². The molecule has 1 fully saturated rings. The molecule has 0 radical (unpaired) electrons. The smallest absolute Gasteiger partial charge is 0.410 e. The van der Waals surface area contributed by atoms with Gasteiger partial charge in [0.1, 0.15) is 11.4 Å². The predicted molar refractivity (Wildman–Crippen MR) is 117 cm³/mol. The molecule has 2 aromatic rings. The summed E-state index contributed by atoms with van der Waals surface area (Å²) in [4.78, 5) is 40.1. The van der Waals surface area contributed by atoms with Crippen molar-refractivity contribution in [1.82, 2.24) is 4.90 Å². The van der Waals surface area contributed by atoms with Crippen LogP contribution in [0.4, 0.5) is 14.9 Å². The summed E-state index contributed by atoms with van der Waals surface area (Å²) in [6, 6.07) is 13.0. The summed E-state index contributed by atoms with van der Waals surface area (Å²) >= 11 is 0. The van der Waals surface area contributed by atoms with Crippen LogP contribution in [0.3, 0.4) is 0 Å². The fourth-order valence-electron chi connectivity index (χ4n) is 3.33. The summed E-state index contributed by atoms with van der Waals surface area (Å²) < 4.78 is 24.7. The Morgan fingerprint density at radius 3 is 2.31 bits per heavy atom. The molecule has 8 heteroatoms. The number of hydrogen-bond donors (Lipinski definition) is 0. The second-order valence-electron chi connectivity index (χ2n) is 8.64. The summed E-state index contributed by atoms with van der Waals surface area (Å²) in [6.07, 6.45) is -0.461. The maximum Gasteiger partial charge on any atom is 0.410 e. The zero-order chi connectivity index (χ0) is 23.5. The number of benzene rings is 2. The molecule has 0 spiro atoms. The molecule has 2 amide bonds. The molecular weight excluding hydrogens is 415 g/mol. The molecule has 7 nitrogen and oxygen atoms in total. The molecule has 170 valence electrons. The Kier molecular flexibility index (Phi) is 6.81. The monoisotopic (exact) mass is 442 g/mol. The largest absolute Gasteiger partial charge is 0.465 e. The van der Waals surface area contributed by atoms with Gasteiger partial charge in [-0.2, -0.15) is 0 Å². The van der Waals surface area contributed by atoms with E-state index in [-0.39, 0.29) is 36.7 Å². The lowest BCUT2D eigenvalue weighted by atomic mass is 9.98. The van der Waals surface area contributed by atoms with Crippen LogP contribution in [-0.2, 0) is 20.8 Å². The molecule has 0 saturated carbocycles. The molecule has 0 N–H and O–H groups in total. The second-order valence-corrected chi connectivity index (χ2v) is 8.64. The van der Waals surface area contributed by atoms with Crippen molar-refractivity contribution >= 4 is 23.7 Å². The van der Waals surface area contributed by atoms with Crippen molar-refractivity contribution in [2.45, 2.75) is 32.9 Å². The Bertz CT molecular complexity index is 997. The number of carbonyl (C=O) groups excluding carboxylic acids is 3. The highest BCUT2D eigenvalue weighted by molar-refractivity contribution is 5.96. The van der Waals surface area contributed by atoms with Crippen LogP contribution in [0.25, 0.3) is 0 Å². The van der Waals surface area contributed by atoms with Gasteiger partial charge >= 0.3 is 12.1 Å². The number of methoxy groups -OCH3 is 1. The summed E-state index contributed by atoms with van der Waals surface area (Å²) in [5.41, 5.74) is 0.358. The van der Waals surface area contributed by atoms with Gasteiger partial charge in [-0.25, -0.2) is 14.0 Å². The van der Waals surface area contributed by atoms with Gasteiger partial charge in [-0.05, 0) is 45.0 Å². The normalized spacial score (nSPS) is 13.8. The number of likely N-dealkylation sites (tertiary alicyclic amines) is 1. The van der Waals surface area contributed by atoms with E-state index in [0.29, 0.717) is 5.69 Å². The lowest BCUT2D eigenvalue weighted by Crippen LogP contribution is -2.57. The van der Waals surface area contributed by atoms with Crippen molar-refractivity contribution in [3.05, 3.63) is 65.5 Å². The van der Waals surface area contributed by atoms with Gasteiger partial charge in [-0.1, -0.05) is 24.3 Å². The van der Waals surface area contributed by atoms with E-state index in [9.17, 15) is 18.8 Å². The van der Waals surface area contributed by atoms with Crippen molar-refractivity contribution in [3.8, 4) is 0 Å². The molecule has 0 bridgehead atoms. The fraction of sp³-hybridized carbons (Fsp3) is 0.375. The van der Waals surface area contributed by atoms with Crippen LogP contribution in [0.15, 0.2) is 48.5 Å². The number of rotatable bonds is 5. The Labute approximate surface area is 186 Å². The standard InChI is InChI=1S/C24H27FN2O5/c1-24(2,3)32-23(30)26-13-18(14-26)21(28)27(19-8-6-5-7-9-19)15-17-11-10-16(12-20(17)25)22(29)31-4/h5-12,18H,13-15H2,1-4H3. The summed E-state index contributed by atoms with van der Waals surface area (Å²) in [7, 11) is 1.23. The summed E-state index contributed by atoms with van der Waals surface area (Å²) in [5.74, 6) is -1.87. The molecule has 0 aliphatic carbocycles. The Hall–Kier alpha value is -3.42. The topological polar surface area (TPSA) is 76.2 Å². The van der Waals surface area contributed by atoms with Crippen molar-refractivity contribution in [1.29, 1.82) is 0 Å². The third-order valence-electron chi connectivity index (χ3n) is 5.02. The third-order valence-corrected chi connectivity index (χ3v) is 5.02. The molecule has 1 aliphatic rings. The molecule has 32 heavy (non-hydrogen) atoms. The van der Waals surface area contributed by atoms with Crippen LogP contribution >= 0.6 is 0 Å². The summed E-state index contributed by atoms with van der Waals surface area (Å²) in [5, 5.41) is 0. The van der Waals surface area contributed by atoms with Gasteiger partial charge in [0.05, 0.1) is 25.1 Å². The number of esters is 1. The number of halogens is 1. The fourth-order valence-corrected chi connectivity index (χ4v) is 3.33. The first-order valence-electron chi connectivity index (χ1n) is 10.3. The number of para-hydroxylation sites is 1. The number of amides is 2. The lowest BCUT2D eigenvalue weighted by Gasteiger charge is -2.41. The van der Waals surface area contributed by atoms with Crippen LogP contribution in [0.5, 0.6) is 0 Å². The molecule has 0 aromatic heterocycles. The van der Waals surface area contributed by atoms with Crippen LogP contribution in [0.1, 0.15) is 36.7 Å². The first-order chi connectivity index (χ1) is 15.1. The number of nitrogens with zero attached hydrogens (tertiary/aromatic N) is 2. The highest BCUT2D eigenvalue weighted by Gasteiger charge is 2.40. The molecule has 1 saturated heterocycles. The van der Waals surface area contributed by atoms with Gasteiger partial charge < -0.3 is 19.3 Å². The first-order valence-corrected chi connectivity index (χ1v) is 10.3. The van der Waals surface area contributed by atoms with Crippen molar-refractivity contribution in [2.75, 3.05) is 25.1 Å². The minimum absolute atomic E-state index is 0.0148. The summed E-state index contributed by atoms with van der Waals surface area (Å²) in [6.45, 7) is 5.81. The van der Waals surface area contributed by atoms with E-state index >= 15 is 0 Å². The molecular formula is C24H27FN2O5. The molecule has 1 aliphatic heterocycles.